The number of rotatable bonds is 5. The number of benzene rings is 2. The number of nitrogens with zero attached hydrogens (tertiary/aromatic N) is 4. The molecule has 0 spiro atoms. The summed E-state index contributed by atoms with van der Waals surface area (Å²) in [5.74, 6) is 2.49. The molecule has 0 saturated carbocycles. The third kappa shape index (κ3) is 5.39. The molecular formula is C27H30ClN5O3. The maximum Gasteiger partial charge on any atom is 0.322 e. The number of methoxy groups -OCH3 is 1. The number of anilines is 2. The van der Waals surface area contributed by atoms with Gasteiger partial charge in [-0.05, 0) is 42.3 Å². The van der Waals surface area contributed by atoms with Crippen molar-refractivity contribution in [1.82, 2.24) is 14.9 Å². The Labute approximate surface area is 216 Å². The fraction of sp³-hybridized carbons (Fsp3) is 0.370. The van der Waals surface area contributed by atoms with Gasteiger partial charge in [0, 0.05) is 48.7 Å². The van der Waals surface area contributed by atoms with Crippen LogP contribution in [0.1, 0.15) is 28.2 Å². The average Bonchev–Trinajstić information content (AvgIpc) is 2.90. The largest absolute Gasteiger partial charge is 0.497 e. The minimum atomic E-state index is -0.158. The molecule has 0 aliphatic carbocycles. The lowest BCUT2D eigenvalue weighted by molar-refractivity contribution is 0.122. The molecule has 2 aromatic carbocycles. The molecule has 0 atom stereocenters. The molecule has 3 aromatic rings. The van der Waals surface area contributed by atoms with Gasteiger partial charge in [-0.3, -0.25) is 0 Å². The summed E-state index contributed by atoms with van der Waals surface area (Å²) < 4.78 is 11.0. The molecule has 1 saturated heterocycles. The van der Waals surface area contributed by atoms with Crippen LogP contribution in [0, 0.1) is 6.92 Å². The highest BCUT2D eigenvalue weighted by molar-refractivity contribution is 6.31. The van der Waals surface area contributed by atoms with Crippen molar-refractivity contribution in [3.8, 4) is 5.75 Å². The summed E-state index contributed by atoms with van der Waals surface area (Å²) in [7, 11) is 1.67. The van der Waals surface area contributed by atoms with Crippen LogP contribution in [0.5, 0.6) is 5.75 Å². The van der Waals surface area contributed by atoms with Gasteiger partial charge in [0.25, 0.3) is 0 Å². The summed E-state index contributed by atoms with van der Waals surface area (Å²) in [6.07, 6.45) is 1.28. The van der Waals surface area contributed by atoms with E-state index in [1.54, 1.807) is 13.2 Å². The predicted octanol–water partition coefficient (Wildman–Crippen LogP) is 4.46. The second kappa shape index (κ2) is 10.7. The molecule has 2 aliphatic rings. The first-order chi connectivity index (χ1) is 17.5. The number of amides is 2. The van der Waals surface area contributed by atoms with Crippen molar-refractivity contribution in [3.05, 3.63) is 75.7 Å². The molecule has 0 radical (unpaired) electrons. The highest BCUT2D eigenvalue weighted by Crippen LogP contribution is 2.29. The molecule has 1 N–H and O–H groups in total. The van der Waals surface area contributed by atoms with Gasteiger partial charge in [-0.2, -0.15) is 0 Å². The average molecular weight is 508 g/mol. The van der Waals surface area contributed by atoms with Gasteiger partial charge in [-0.15, -0.1) is 0 Å². The van der Waals surface area contributed by atoms with Gasteiger partial charge in [0.1, 0.15) is 17.4 Å². The quantitative estimate of drug-likeness (QED) is 0.549. The summed E-state index contributed by atoms with van der Waals surface area (Å²) in [5.41, 5.74) is 4.76. The highest BCUT2D eigenvalue weighted by Gasteiger charge is 2.28. The number of aryl methyl sites for hydroxylation is 1. The fourth-order valence-electron chi connectivity index (χ4n) is 4.57. The van der Waals surface area contributed by atoms with Crippen LogP contribution in [0.4, 0.5) is 16.3 Å². The molecule has 2 aliphatic heterocycles. The third-order valence-corrected chi connectivity index (χ3v) is 7.01. The summed E-state index contributed by atoms with van der Waals surface area (Å²) in [4.78, 5) is 27.1. The highest BCUT2D eigenvalue weighted by atomic mass is 35.5. The molecule has 3 heterocycles. The van der Waals surface area contributed by atoms with Crippen LogP contribution in [0.25, 0.3) is 0 Å². The normalized spacial score (nSPS) is 15.4. The Morgan fingerprint density at radius 1 is 1.14 bits per heavy atom. The molecule has 36 heavy (non-hydrogen) atoms. The fourth-order valence-corrected chi connectivity index (χ4v) is 4.75. The molecule has 2 amide bonds. The summed E-state index contributed by atoms with van der Waals surface area (Å²) in [5, 5.41) is 3.61. The maximum atomic E-state index is 13.1. The maximum absolute atomic E-state index is 13.1. The number of ether oxygens (including phenoxy) is 2. The number of morpholine rings is 1. The summed E-state index contributed by atoms with van der Waals surface area (Å²) >= 11 is 6.24. The number of nitrogens with one attached hydrogen (secondary N) is 1. The van der Waals surface area contributed by atoms with Gasteiger partial charge in [0.2, 0.25) is 0 Å². The van der Waals surface area contributed by atoms with E-state index in [0.717, 1.165) is 52.9 Å². The SMILES string of the molecule is COc1cccc(Cc2nc3c(c(N4CCOCC4)n2)CN(C(=O)Nc2ccc(C)c(Cl)c2)CC3)c1. The number of carbonyl (C=O) groups excluding carboxylic acids is 1. The van der Waals surface area contributed by atoms with Gasteiger partial charge < -0.3 is 24.6 Å². The van der Waals surface area contributed by atoms with Crippen LogP contribution in [0.15, 0.2) is 42.5 Å². The molecule has 1 fully saturated rings. The molecule has 9 heteroatoms. The lowest BCUT2D eigenvalue weighted by atomic mass is 10.0. The zero-order valence-electron chi connectivity index (χ0n) is 20.6. The zero-order chi connectivity index (χ0) is 25.1. The van der Waals surface area contributed by atoms with E-state index in [0.29, 0.717) is 49.9 Å². The van der Waals surface area contributed by atoms with Gasteiger partial charge >= 0.3 is 6.03 Å². The van der Waals surface area contributed by atoms with Gasteiger partial charge in [-0.1, -0.05) is 29.8 Å². The van der Waals surface area contributed by atoms with E-state index in [1.807, 2.05) is 42.2 Å². The van der Waals surface area contributed by atoms with E-state index >= 15 is 0 Å². The molecule has 188 valence electrons. The second-order valence-corrected chi connectivity index (χ2v) is 9.49. The van der Waals surface area contributed by atoms with Gasteiger partial charge in [0.15, 0.2) is 0 Å². The van der Waals surface area contributed by atoms with Crippen LogP contribution < -0.4 is 15.0 Å². The minimum absolute atomic E-state index is 0.158. The van der Waals surface area contributed by atoms with Crippen molar-refractivity contribution in [3.63, 3.8) is 0 Å². The van der Waals surface area contributed by atoms with Gasteiger partial charge in [0.05, 0.1) is 32.6 Å². The Kier molecular flexibility index (Phi) is 7.25. The topological polar surface area (TPSA) is 79.8 Å². The van der Waals surface area contributed by atoms with E-state index in [2.05, 4.69) is 16.3 Å². The van der Waals surface area contributed by atoms with E-state index in [9.17, 15) is 4.79 Å². The molecular weight excluding hydrogens is 478 g/mol. The van der Waals surface area contributed by atoms with E-state index in [4.69, 9.17) is 31.0 Å². The number of carbonyl (C=O) groups is 1. The Hall–Kier alpha value is -3.36. The van der Waals surface area contributed by atoms with Gasteiger partial charge in [-0.25, -0.2) is 14.8 Å². The standard InChI is InChI=1S/C27H30ClN5O3/c1-18-6-7-20(16-23(18)28)29-27(34)33-9-8-24-22(17-33)26(32-10-12-36-13-11-32)31-25(30-24)15-19-4-3-5-21(14-19)35-2/h3-7,14,16H,8-13,15,17H2,1-2H3,(H,29,34). The molecule has 0 unspecified atom stereocenters. The first-order valence-corrected chi connectivity index (χ1v) is 12.5. The van der Waals surface area contributed by atoms with E-state index < -0.39 is 0 Å². The monoisotopic (exact) mass is 507 g/mol. The molecule has 8 nitrogen and oxygen atoms in total. The number of halogens is 1. The van der Waals surface area contributed by atoms with Crippen molar-refractivity contribution in [2.24, 2.45) is 0 Å². The van der Waals surface area contributed by atoms with Crippen LogP contribution >= 0.6 is 11.6 Å². The lowest BCUT2D eigenvalue weighted by Gasteiger charge is -2.34. The van der Waals surface area contributed by atoms with E-state index in [1.165, 1.54) is 0 Å². The van der Waals surface area contributed by atoms with Crippen LogP contribution in [0.2, 0.25) is 5.02 Å². The Morgan fingerprint density at radius 3 is 2.75 bits per heavy atom. The Morgan fingerprint density at radius 2 is 1.97 bits per heavy atom. The number of hydrogen-bond donors (Lipinski definition) is 1. The number of aromatic nitrogens is 2. The van der Waals surface area contributed by atoms with Crippen molar-refractivity contribution in [2.45, 2.75) is 26.3 Å². The lowest BCUT2D eigenvalue weighted by Crippen LogP contribution is -2.42. The third-order valence-electron chi connectivity index (χ3n) is 6.60. The summed E-state index contributed by atoms with van der Waals surface area (Å²) in [6, 6.07) is 13.4. The van der Waals surface area contributed by atoms with Crippen molar-refractivity contribution >= 4 is 29.1 Å². The van der Waals surface area contributed by atoms with E-state index in [-0.39, 0.29) is 6.03 Å². The van der Waals surface area contributed by atoms with Crippen molar-refractivity contribution in [2.75, 3.05) is 50.2 Å². The number of fused-ring (bicyclic) bond motifs is 1. The predicted molar refractivity (Wildman–Crippen MR) is 140 cm³/mol. The van der Waals surface area contributed by atoms with Crippen LogP contribution in [-0.4, -0.2) is 60.9 Å². The van der Waals surface area contributed by atoms with Crippen LogP contribution in [-0.2, 0) is 24.1 Å². The Bertz CT molecular complexity index is 1260. The number of hydrogen-bond acceptors (Lipinski definition) is 6. The smallest absolute Gasteiger partial charge is 0.322 e. The first kappa shape index (κ1) is 24.3. The second-order valence-electron chi connectivity index (χ2n) is 9.08. The molecule has 1 aromatic heterocycles. The van der Waals surface area contributed by atoms with Crippen LogP contribution in [0.3, 0.4) is 0 Å². The zero-order valence-corrected chi connectivity index (χ0v) is 21.3. The van der Waals surface area contributed by atoms with Crippen molar-refractivity contribution in [1.29, 1.82) is 0 Å². The minimum Gasteiger partial charge on any atom is -0.497 e. The first-order valence-electron chi connectivity index (χ1n) is 12.2. The number of urea groups is 1. The molecule has 5 rings (SSSR count). The molecule has 0 bridgehead atoms. The summed E-state index contributed by atoms with van der Waals surface area (Å²) in [6.45, 7) is 5.80. The van der Waals surface area contributed by atoms with Crippen molar-refractivity contribution < 1.29 is 14.3 Å². The Balaban J connectivity index is 1.40.